The number of rotatable bonds is 1. The molecule has 1 aliphatic rings. The quantitative estimate of drug-likeness (QED) is 0.476. The summed E-state index contributed by atoms with van der Waals surface area (Å²) in [6.45, 7) is 2.47. The van der Waals surface area contributed by atoms with Crippen LogP contribution in [0.2, 0.25) is 0 Å². The molecule has 0 saturated carbocycles. The highest BCUT2D eigenvalue weighted by Gasteiger charge is 2.25. The highest BCUT2D eigenvalue weighted by molar-refractivity contribution is 14.1. The molecule has 0 aromatic heterocycles. The first-order valence-corrected chi connectivity index (χ1v) is 3.74. The van der Waals surface area contributed by atoms with Crippen LogP contribution < -0.4 is 0 Å². The van der Waals surface area contributed by atoms with E-state index >= 15 is 0 Å². The molecule has 1 rings (SSSR count). The third-order valence-electron chi connectivity index (χ3n) is 1.55. The first-order valence-electron chi connectivity index (χ1n) is 2.77. The van der Waals surface area contributed by atoms with E-state index in [0.29, 0.717) is 0 Å². The van der Waals surface area contributed by atoms with Crippen LogP contribution in [0.15, 0.2) is 0 Å². The Balaban J connectivity index is 2.15. The molecule has 0 atom stereocenters. The van der Waals surface area contributed by atoms with E-state index in [1.807, 2.05) is 0 Å². The van der Waals surface area contributed by atoms with Gasteiger partial charge in [-0.25, -0.2) is 3.11 Å². The molecule has 0 amide bonds. The van der Waals surface area contributed by atoms with Gasteiger partial charge in [0.05, 0.1) is 0 Å². The van der Waals surface area contributed by atoms with Crippen LogP contribution in [0.4, 0.5) is 0 Å². The summed E-state index contributed by atoms with van der Waals surface area (Å²) in [4.78, 5) is 2.32. The number of likely N-dealkylation sites (N-methyl/N-ethyl adjacent to an activating group) is 2. The average molecular weight is 226 g/mol. The topological polar surface area (TPSA) is 6.48 Å². The first-order chi connectivity index (χ1) is 3.70. The predicted octanol–water partition coefficient (Wildman–Crippen LogP) is 0.582. The maximum atomic E-state index is 2.34. The molecule has 1 saturated heterocycles. The number of hydrogen-bond donors (Lipinski definition) is 0. The molecule has 1 heterocycles. The summed E-state index contributed by atoms with van der Waals surface area (Å²) < 4.78 is 2.25. The van der Waals surface area contributed by atoms with Crippen LogP contribution in [-0.2, 0) is 0 Å². The lowest BCUT2D eigenvalue weighted by Crippen LogP contribution is -2.53. The lowest BCUT2D eigenvalue weighted by molar-refractivity contribution is 0.134. The zero-order valence-electron chi connectivity index (χ0n) is 5.26. The van der Waals surface area contributed by atoms with E-state index in [-0.39, 0.29) is 0 Å². The fourth-order valence-electron chi connectivity index (χ4n) is 0.891. The van der Waals surface area contributed by atoms with E-state index in [9.17, 15) is 0 Å². The van der Waals surface area contributed by atoms with E-state index in [1.165, 1.54) is 13.1 Å². The molecule has 0 radical (unpaired) electrons. The Labute approximate surface area is 64.3 Å². The van der Waals surface area contributed by atoms with Crippen molar-refractivity contribution in [3.05, 3.63) is 0 Å². The second-order valence-corrected chi connectivity index (χ2v) is 3.92. The van der Waals surface area contributed by atoms with Crippen LogP contribution in [0.5, 0.6) is 0 Å². The Hall–Kier alpha value is 0.650. The molecule has 0 bridgehead atoms. The molecule has 8 heavy (non-hydrogen) atoms. The first kappa shape index (κ1) is 6.77. The minimum absolute atomic E-state index is 0.806. The van der Waals surface area contributed by atoms with Gasteiger partial charge in [-0.2, -0.15) is 0 Å². The van der Waals surface area contributed by atoms with Crippen LogP contribution in [0.3, 0.4) is 0 Å². The standard InChI is InChI=1S/C5H11IN2/c1-7-3-5(4-7)8(2)6/h5H,3-4H2,1-2H3. The van der Waals surface area contributed by atoms with Gasteiger partial charge in [0, 0.05) is 42.0 Å². The molecule has 1 aliphatic heterocycles. The summed E-state index contributed by atoms with van der Waals surface area (Å²) >= 11 is 2.34. The van der Waals surface area contributed by atoms with E-state index in [4.69, 9.17) is 0 Å². The molecule has 48 valence electrons. The van der Waals surface area contributed by atoms with Gasteiger partial charge in [0.2, 0.25) is 0 Å². The summed E-state index contributed by atoms with van der Waals surface area (Å²) in [6, 6.07) is 0.806. The molecule has 3 heteroatoms. The summed E-state index contributed by atoms with van der Waals surface area (Å²) in [6.07, 6.45) is 0. The Morgan fingerprint density at radius 2 is 2.12 bits per heavy atom. The van der Waals surface area contributed by atoms with Gasteiger partial charge in [0.15, 0.2) is 0 Å². The third-order valence-corrected chi connectivity index (χ3v) is 2.34. The average Bonchev–Trinajstić information content (AvgIpc) is 1.57. The van der Waals surface area contributed by atoms with Crippen molar-refractivity contribution in [3.8, 4) is 0 Å². The molecule has 0 aromatic rings. The van der Waals surface area contributed by atoms with Crippen molar-refractivity contribution in [1.82, 2.24) is 8.01 Å². The van der Waals surface area contributed by atoms with Crippen LogP contribution in [0, 0.1) is 0 Å². The largest absolute Gasteiger partial charge is 0.303 e. The SMILES string of the molecule is CN1CC(N(C)I)C1. The van der Waals surface area contributed by atoms with Gasteiger partial charge in [-0.3, -0.25) is 0 Å². The van der Waals surface area contributed by atoms with Crippen molar-refractivity contribution in [1.29, 1.82) is 0 Å². The van der Waals surface area contributed by atoms with Crippen molar-refractivity contribution in [3.63, 3.8) is 0 Å². The van der Waals surface area contributed by atoms with Crippen molar-refractivity contribution in [2.24, 2.45) is 0 Å². The number of halogens is 1. The highest BCUT2D eigenvalue weighted by atomic mass is 127. The van der Waals surface area contributed by atoms with Gasteiger partial charge in [-0.15, -0.1) is 0 Å². The smallest absolute Gasteiger partial charge is 0.0445 e. The minimum atomic E-state index is 0.806. The van der Waals surface area contributed by atoms with E-state index in [2.05, 4.69) is 45.0 Å². The van der Waals surface area contributed by atoms with Crippen LogP contribution in [0.1, 0.15) is 0 Å². The Morgan fingerprint density at radius 3 is 2.25 bits per heavy atom. The van der Waals surface area contributed by atoms with Gasteiger partial charge in [0.25, 0.3) is 0 Å². The van der Waals surface area contributed by atoms with Gasteiger partial charge in [-0.05, 0) is 14.1 Å². The molecule has 0 aromatic carbocycles. The molecule has 0 unspecified atom stereocenters. The lowest BCUT2D eigenvalue weighted by Gasteiger charge is -2.39. The molecule has 0 spiro atoms. The summed E-state index contributed by atoms with van der Waals surface area (Å²) in [5.41, 5.74) is 0. The maximum Gasteiger partial charge on any atom is 0.0445 e. The monoisotopic (exact) mass is 226 g/mol. The Kier molecular flexibility index (Phi) is 2.11. The second kappa shape index (κ2) is 2.49. The van der Waals surface area contributed by atoms with E-state index in [0.717, 1.165) is 6.04 Å². The van der Waals surface area contributed by atoms with Gasteiger partial charge < -0.3 is 4.90 Å². The second-order valence-electron chi connectivity index (χ2n) is 2.40. The van der Waals surface area contributed by atoms with Gasteiger partial charge in [0.1, 0.15) is 0 Å². The highest BCUT2D eigenvalue weighted by Crippen LogP contribution is 2.13. The Morgan fingerprint density at radius 1 is 1.62 bits per heavy atom. The summed E-state index contributed by atoms with van der Waals surface area (Å²) in [5, 5.41) is 0. The summed E-state index contributed by atoms with van der Waals surface area (Å²) in [7, 11) is 4.27. The summed E-state index contributed by atoms with van der Waals surface area (Å²) in [5.74, 6) is 0. The molecule has 0 N–H and O–H groups in total. The molecule has 2 nitrogen and oxygen atoms in total. The van der Waals surface area contributed by atoms with E-state index < -0.39 is 0 Å². The Bertz CT molecular complexity index is 78.5. The number of hydrogen-bond acceptors (Lipinski definition) is 2. The fourth-order valence-corrected chi connectivity index (χ4v) is 1.24. The molecular formula is C5H11IN2. The van der Waals surface area contributed by atoms with Crippen molar-refractivity contribution < 1.29 is 0 Å². The normalized spacial score (nSPS) is 24.0. The van der Waals surface area contributed by atoms with Crippen LogP contribution in [0.25, 0.3) is 0 Å². The molecular weight excluding hydrogens is 215 g/mol. The molecule has 0 aliphatic carbocycles. The maximum absolute atomic E-state index is 2.34. The van der Waals surface area contributed by atoms with Crippen LogP contribution >= 0.6 is 22.9 Å². The van der Waals surface area contributed by atoms with Crippen molar-refractivity contribution in [2.45, 2.75) is 6.04 Å². The molecule has 1 fully saturated rings. The minimum Gasteiger partial charge on any atom is -0.303 e. The number of likely N-dealkylation sites (tertiary alicyclic amines) is 1. The van der Waals surface area contributed by atoms with Crippen LogP contribution in [-0.4, -0.2) is 41.2 Å². The lowest BCUT2D eigenvalue weighted by atomic mass is 10.1. The third kappa shape index (κ3) is 1.33. The van der Waals surface area contributed by atoms with E-state index in [1.54, 1.807) is 0 Å². The van der Waals surface area contributed by atoms with Crippen molar-refractivity contribution >= 4 is 22.9 Å². The fraction of sp³-hybridized carbons (Fsp3) is 1.00. The van der Waals surface area contributed by atoms with Gasteiger partial charge >= 0.3 is 0 Å². The predicted molar refractivity (Wildman–Crippen MR) is 43.1 cm³/mol. The van der Waals surface area contributed by atoms with Gasteiger partial charge in [-0.1, -0.05) is 0 Å². The van der Waals surface area contributed by atoms with Crippen molar-refractivity contribution in [2.75, 3.05) is 27.2 Å². The zero-order chi connectivity index (χ0) is 6.15. The number of nitrogens with zero attached hydrogens (tertiary/aromatic N) is 2. The zero-order valence-corrected chi connectivity index (χ0v) is 7.42.